The molecule has 0 saturated heterocycles. The zero-order valence-corrected chi connectivity index (χ0v) is 10.6. The van der Waals surface area contributed by atoms with Crippen molar-refractivity contribution in [3.8, 4) is 17.6 Å². The maximum atomic E-state index is 13.2. The highest BCUT2D eigenvalue weighted by atomic mass is 19.1. The molecular formula is C15H13FN2O2. The summed E-state index contributed by atoms with van der Waals surface area (Å²) in [6.07, 6.45) is 0. The van der Waals surface area contributed by atoms with Crippen LogP contribution in [0.1, 0.15) is 5.56 Å². The van der Waals surface area contributed by atoms with E-state index in [9.17, 15) is 4.39 Å². The largest absolute Gasteiger partial charge is 0.505 e. The smallest absolute Gasteiger partial charge is 0.174 e. The number of phenols is 1. The van der Waals surface area contributed by atoms with Gasteiger partial charge in [0.2, 0.25) is 0 Å². The Kier molecular flexibility index (Phi) is 4.40. The second-order valence-corrected chi connectivity index (χ2v) is 4.07. The van der Waals surface area contributed by atoms with Gasteiger partial charge in [0, 0.05) is 23.9 Å². The fourth-order valence-electron chi connectivity index (χ4n) is 1.71. The molecule has 0 saturated carbocycles. The summed E-state index contributed by atoms with van der Waals surface area (Å²) in [5, 5.41) is 20.7. The van der Waals surface area contributed by atoms with Crippen LogP contribution in [0.5, 0.6) is 11.5 Å². The number of ether oxygens (including phenoxy) is 1. The average molecular weight is 272 g/mol. The Balaban J connectivity index is 2.06. The molecule has 0 aliphatic heterocycles. The lowest BCUT2D eigenvalue weighted by atomic mass is 10.2. The standard InChI is InChI=1S/C15H13FN2O2/c16-13-9-12(5-6-14(13)19)18-10-11-3-1-2-4-15(11)20-8-7-17/h1-6,9,18-19H,8,10H2. The van der Waals surface area contributed by atoms with Crippen molar-refractivity contribution < 1.29 is 14.2 Å². The van der Waals surface area contributed by atoms with E-state index in [0.717, 1.165) is 5.56 Å². The van der Waals surface area contributed by atoms with Gasteiger partial charge in [0.1, 0.15) is 11.8 Å². The van der Waals surface area contributed by atoms with E-state index in [0.29, 0.717) is 18.0 Å². The third kappa shape index (κ3) is 3.39. The zero-order chi connectivity index (χ0) is 14.4. The highest BCUT2D eigenvalue weighted by molar-refractivity contribution is 5.48. The number of nitrogens with one attached hydrogen (secondary N) is 1. The molecule has 0 unspecified atom stereocenters. The van der Waals surface area contributed by atoms with E-state index in [1.165, 1.54) is 12.1 Å². The van der Waals surface area contributed by atoms with Gasteiger partial charge in [0.25, 0.3) is 0 Å². The van der Waals surface area contributed by atoms with E-state index in [1.807, 2.05) is 24.3 Å². The van der Waals surface area contributed by atoms with E-state index < -0.39 is 5.82 Å². The molecular weight excluding hydrogens is 259 g/mol. The van der Waals surface area contributed by atoms with Gasteiger partial charge in [-0.05, 0) is 18.2 Å². The van der Waals surface area contributed by atoms with Gasteiger partial charge in [-0.25, -0.2) is 4.39 Å². The van der Waals surface area contributed by atoms with Crippen LogP contribution in [0.2, 0.25) is 0 Å². The SMILES string of the molecule is N#CCOc1ccccc1CNc1ccc(O)c(F)c1. The quantitative estimate of drug-likeness (QED) is 0.821. The van der Waals surface area contributed by atoms with E-state index in [-0.39, 0.29) is 12.4 Å². The number of rotatable bonds is 5. The fourth-order valence-corrected chi connectivity index (χ4v) is 1.71. The fraction of sp³-hybridized carbons (Fsp3) is 0.133. The molecule has 0 aliphatic carbocycles. The molecule has 0 amide bonds. The van der Waals surface area contributed by atoms with Crippen molar-refractivity contribution in [2.24, 2.45) is 0 Å². The average Bonchev–Trinajstić information content (AvgIpc) is 2.47. The monoisotopic (exact) mass is 272 g/mol. The van der Waals surface area contributed by atoms with Gasteiger partial charge in [-0.3, -0.25) is 0 Å². The molecule has 0 fully saturated rings. The lowest BCUT2D eigenvalue weighted by molar-refractivity contribution is 0.364. The van der Waals surface area contributed by atoms with Crippen LogP contribution >= 0.6 is 0 Å². The summed E-state index contributed by atoms with van der Waals surface area (Å²) in [5.74, 6) is -0.446. The lowest BCUT2D eigenvalue weighted by Gasteiger charge is -2.11. The highest BCUT2D eigenvalue weighted by Crippen LogP contribution is 2.22. The predicted octanol–water partition coefficient (Wildman–Crippen LogP) is 3.05. The van der Waals surface area contributed by atoms with Crippen molar-refractivity contribution in [1.82, 2.24) is 0 Å². The number of hydrogen-bond donors (Lipinski definition) is 2. The van der Waals surface area contributed by atoms with Crippen LogP contribution in [0.15, 0.2) is 42.5 Å². The van der Waals surface area contributed by atoms with Crippen molar-refractivity contribution in [3.63, 3.8) is 0 Å². The number of phenolic OH excluding ortho intramolecular Hbond substituents is 1. The summed E-state index contributed by atoms with van der Waals surface area (Å²) in [5.41, 5.74) is 1.41. The topological polar surface area (TPSA) is 65.3 Å². The molecule has 2 N–H and O–H groups in total. The van der Waals surface area contributed by atoms with Crippen LogP contribution < -0.4 is 10.1 Å². The van der Waals surface area contributed by atoms with E-state index in [1.54, 1.807) is 12.1 Å². The summed E-state index contributed by atoms with van der Waals surface area (Å²) in [6, 6.07) is 13.3. The Morgan fingerprint density at radius 3 is 2.80 bits per heavy atom. The zero-order valence-electron chi connectivity index (χ0n) is 10.6. The molecule has 2 rings (SSSR count). The second kappa shape index (κ2) is 6.43. The second-order valence-electron chi connectivity index (χ2n) is 4.07. The molecule has 5 heteroatoms. The maximum Gasteiger partial charge on any atom is 0.174 e. The number of nitrogens with zero attached hydrogens (tertiary/aromatic N) is 1. The summed E-state index contributed by atoms with van der Waals surface area (Å²) in [7, 11) is 0. The third-order valence-corrected chi connectivity index (χ3v) is 2.70. The first kappa shape index (κ1) is 13.7. The molecule has 0 spiro atoms. The first-order chi connectivity index (χ1) is 9.70. The number of halogens is 1. The molecule has 0 atom stereocenters. The van der Waals surface area contributed by atoms with E-state index in [4.69, 9.17) is 15.1 Å². The molecule has 0 radical (unpaired) electrons. The van der Waals surface area contributed by atoms with Gasteiger partial charge in [-0.15, -0.1) is 0 Å². The predicted molar refractivity (Wildman–Crippen MR) is 72.9 cm³/mol. The van der Waals surface area contributed by atoms with Crippen molar-refractivity contribution in [2.45, 2.75) is 6.54 Å². The molecule has 2 aromatic rings. The van der Waals surface area contributed by atoms with Gasteiger partial charge in [-0.1, -0.05) is 18.2 Å². The highest BCUT2D eigenvalue weighted by Gasteiger charge is 2.04. The van der Waals surface area contributed by atoms with Crippen LogP contribution in [0.4, 0.5) is 10.1 Å². The van der Waals surface area contributed by atoms with Crippen LogP contribution in [-0.2, 0) is 6.54 Å². The Morgan fingerprint density at radius 2 is 2.05 bits per heavy atom. The van der Waals surface area contributed by atoms with Gasteiger partial charge in [-0.2, -0.15) is 5.26 Å². The molecule has 0 aliphatic rings. The number of anilines is 1. The molecule has 0 heterocycles. The molecule has 0 bridgehead atoms. The Labute approximate surface area is 116 Å². The third-order valence-electron chi connectivity index (χ3n) is 2.70. The number of aromatic hydroxyl groups is 1. The molecule has 0 aromatic heterocycles. The summed E-state index contributed by atoms with van der Waals surface area (Å²) < 4.78 is 18.5. The summed E-state index contributed by atoms with van der Waals surface area (Å²) in [4.78, 5) is 0. The van der Waals surface area contributed by atoms with E-state index in [2.05, 4.69) is 5.32 Å². The van der Waals surface area contributed by atoms with Crippen LogP contribution in [-0.4, -0.2) is 11.7 Å². The number of hydrogen-bond acceptors (Lipinski definition) is 4. The minimum atomic E-state index is -0.677. The Morgan fingerprint density at radius 1 is 1.25 bits per heavy atom. The van der Waals surface area contributed by atoms with Gasteiger partial charge < -0.3 is 15.2 Å². The first-order valence-electron chi connectivity index (χ1n) is 6.01. The van der Waals surface area contributed by atoms with E-state index >= 15 is 0 Å². The first-order valence-corrected chi connectivity index (χ1v) is 6.01. The molecule has 102 valence electrons. The van der Waals surface area contributed by atoms with Crippen LogP contribution in [0, 0.1) is 17.1 Å². The van der Waals surface area contributed by atoms with Crippen LogP contribution in [0.25, 0.3) is 0 Å². The Bertz CT molecular complexity index is 638. The number of para-hydroxylation sites is 1. The van der Waals surface area contributed by atoms with Crippen molar-refractivity contribution >= 4 is 5.69 Å². The summed E-state index contributed by atoms with van der Waals surface area (Å²) >= 11 is 0. The van der Waals surface area contributed by atoms with Crippen LogP contribution in [0.3, 0.4) is 0 Å². The van der Waals surface area contributed by atoms with Crippen molar-refractivity contribution in [1.29, 1.82) is 5.26 Å². The molecule has 2 aromatic carbocycles. The number of benzene rings is 2. The minimum absolute atomic E-state index is 0.0230. The Hall–Kier alpha value is -2.74. The van der Waals surface area contributed by atoms with Crippen molar-refractivity contribution in [2.75, 3.05) is 11.9 Å². The minimum Gasteiger partial charge on any atom is -0.505 e. The summed E-state index contributed by atoms with van der Waals surface area (Å²) in [6.45, 7) is 0.399. The van der Waals surface area contributed by atoms with Crippen molar-refractivity contribution in [3.05, 3.63) is 53.8 Å². The normalized spacial score (nSPS) is 9.80. The van der Waals surface area contributed by atoms with Gasteiger partial charge in [0.15, 0.2) is 18.2 Å². The van der Waals surface area contributed by atoms with Gasteiger partial charge >= 0.3 is 0 Å². The number of nitriles is 1. The van der Waals surface area contributed by atoms with Gasteiger partial charge in [0.05, 0.1) is 0 Å². The molecule has 20 heavy (non-hydrogen) atoms. The lowest BCUT2D eigenvalue weighted by Crippen LogP contribution is -2.03. The maximum absolute atomic E-state index is 13.2. The molecule has 4 nitrogen and oxygen atoms in total.